The molecule has 0 radical (unpaired) electrons. The van der Waals surface area contributed by atoms with E-state index >= 15 is 0 Å². The van der Waals surface area contributed by atoms with Crippen LogP contribution in [0.25, 0.3) is 10.9 Å². The summed E-state index contributed by atoms with van der Waals surface area (Å²) in [6, 6.07) is 11.3. The molecule has 3 heteroatoms. The van der Waals surface area contributed by atoms with Crippen molar-refractivity contribution in [1.29, 1.82) is 0 Å². The van der Waals surface area contributed by atoms with Gasteiger partial charge in [0.2, 0.25) is 0 Å². The zero-order valence-electron chi connectivity index (χ0n) is 13.1. The molecule has 0 spiro atoms. The van der Waals surface area contributed by atoms with Crippen molar-refractivity contribution in [2.75, 3.05) is 24.5 Å². The Kier molecular flexibility index (Phi) is 4.39. The first kappa shape index (κ1) is 14.3. The maximum Gasteiger partial charge on any atom is 0.132 e. The van der Waals surface area contributed by atoms with Crippen LogP contribution in [-0.2, 0) is 0 Å². The Morgan fingerprint density at radius 3 is 3.00 bits per heavy atom. The normalized spacial score (nSPS) is 19.1. The highest BCUT2D eigenvalue weighted by Gasteiger charge is 2.24. The highest BCUT2D eigenvalue weighted by atomic mass is 15.2. The van der Waals surface area contributed by atoms with E-state index in [1.807, 2.05) is 0 Å². The Balaban J connectivity index is 1.94. The lowest BCUT2D eigenvalue weighted by Gasteiger charge is -2.37. The van der Waals surface area contributed by atoms with Gasteiger partial charge < -0.3 is 10.2 Å². The van der Waals surface area contributed by atoms with Crippen LogP contribution < -0.4 is 10.2 Å². The number of pyridine rings is 1. The standard InChI is InChI=1S/C18H25N3/c1-3-19-13-16-9-6-7-11-21(16)18-14(2)12-15-8-4-5-10-17(15)20-18/h4-5,8,10,12,16,19H,3,6-7,9,11,13H2,1-2H3. The number of hydrogen-bond acceptors (Lipinski definition) is 3. The Morgan fingerprint density at radius 1 is 1.29 bits per heavy atom. The number of benzene rings is 1. The van der Waals surface area contributed by atoms with Gasteiger partial charge in [-0.15, -0.1) is 0 Å². The first-order valence-electron chi connectivity index (χ1n) is 8.13. The summed E-state index contributed by atoms with van der Waals surface area (Å²) in [5.74, 6) is 1.18. The zero-order valence-corrected chi connectivity index (χ0v) is 13.1. The SMILES string of the molecule is CCNCC1CCCCN1c1nc2ccccc2cc1C. The molecule has 0 saturated carbocycles. The van der Waals surface area contributed by atoms with Crippen LogP contribution in [0.5, 0.6) is 0 Å². The van der Waals surface area contributed by atoms with Crippen LogP contribution in [0.4, 0.5) is 5.82 Å². The summed E-state index contributed by atoms with van der Waals surface area (Å²) in [5.41, 5.74) is 2.39. The molecule has 1 aromatic heterocycles. The van der Waals surface area contributed by atoms with E-state index in [0.29, 0.717) is 6.04 Å². The molecular formula is C18H25N3. The van der Waals surface area contributed by atoms with Crippen molar-refractivity contribution in [2.24, 2.45) is 0 Å². The molecule has 3 rings (SSSR count). The number of fused-ring (bicyclic) bond motifs is 1. The number of hydrogen-bond donors (Lipinski definition) is 1. The number of aromatic nitrogens is 1. The number of nitrogens with zero attached hydrogens (tertiary/aromatic N) is 2. The van der Waals surface area contributed by atoms with E-state index in [9.17, 15) is 0 Å². The van der Waals surface area contributed by atoms with Crippen molar-refractivity contribution < 1.29 is 0 Å². The van der Waals surface area contributed by atoms with Gasteiger partial charge in [-0.1, -0.05) is 25.1 Å². The molecule has 1 unspecified atom stereocenters. The molecule has 21 heavy (non-hydrogen) atoms. The number of nitrogens with one attached hydrogen (secondary N) is 1. The number of anilines is 1. The molecule has 0 aliphatic carbocycles. The van der Waals surface area contributed by atoms with Gasteiger partial charge in [-0.2, -0.15) is 0 Å². The lowest BCUT2D eigenvalue weighted by Crippen LogP contribution is -2.46. The summed E-state index contributed by atoms with van der Waals surface area (Å²) in [5, 5.41) is 4.74. The summed E-state index contributed by atoms with van der Waals surface area (Å²) in [4.78, 5) is 7.48. The second kappa shape index (κ2) is 6.44. The predicted octanol–water partition coefficient (Wildman–Crippen LogP) is 3.51. The molecule has 1 saturated heterocycles. The molecule has 2 heterocycles. The minimum atomic E-state index is 0.575. The zero-order chi connectivity index (χ0) is 14.7. The lowest BCUT2D eigenvalue weighted by molar-refractivity contribution is 0.436. The fourth-order valence-corrected chi connectivity index (χ4v) is 3.30. The molecule has 1 aliphatic rings. The van der Waals surface area contributed by atoms with Crippen LogP contribution in [0.1, 0.15) is 31.7 Å². The first-order chi connectivity index (χ1) is 10.3. The van der Waals surface area contributed by atoms with Crippen molar-refractivity contribution in [3.63, 3.8) is 0 Å². The average molecular weight is 283 g/mol. The highest BCUT2D eigenvalue weighted by molar-refractivity contribution is 5.81. The van der Waals surface area contributed by atoms with E-state index in [2.05, 4.69) is 54.4 Å². The fraction of sp³-hybridized carbons (Fsp3) is 0.500. The lowest BCUT2D eigenvalue weighted by atomic mass is 10.0. The monoisotopic (exact) mass is 283 g/mol. The van der Waals surface area contributed by atoms with Crippen molar-refractivity contribution in [2.45, 2.75) is 39.2 Å². The fourth-order valence-electron chi connectivity index (χ4n) is 3.30. The maximum absolute atomic E-state index is 4.95. The topological polar surface area (TPSA) is 28.2 Å². The van der Waals surface area contributed by atoms with Crippen molar-refractivity contribution in [3.8, 4) is 0 Å². The van der Waals surface area contributed by atoms with Gasteiger partial charge in [0.1, 0.15) is 5.82 Å². The predicted molar refractivity (Wildman–Crippen MR) is 90.0 cm³/mol. The van der Waals surface area contributed by atoms with Crippen molar-refractivity contribution >= 4 is 16.7 Å². The van der Waals surface area contributed by atoms with Gasteiger partial charge in [0.05, 0.1) is 5.52 Å². The quantitative estimate of drug-likeness (QED) is 0.930. The Labute approximate surface area is 127 Å². The molecule has 1 atom stereocenters. The first-order valence-corrected chi connectivity index (χ1v) is 8.13. The van der Waals surface area contributed by atoms with E-state index in [0.717, 1.165) is 25.2 Å². The highest BCUT2D eigenvalue weighted by Crippen LogP contribution is 2.28. The van der Waals surface area contributed by atoms with Gasteiger partial charge >= 0.3 is 0 Å². The third-order valence-electron chi connectivity index (χ3n) is 4.42. The minimum Gasteiger partial charge on any atom is -0.352 e. The summed E-state index contributed by atoms with van der Waals surface area (Å²) >= 11 is 0. The van der Waals surface area contributed by atoms with Crippen LogP contribution in [0.15, 0.2) is 30.3 Å². The summed E-state index contributed by atoms with van der Waals surface area (Å²) < 4.78 is 0. The second-order valence-electron chi connectivity index (χ2n) is 5.97. The molecular weight excluding hydrogens is 258 g/mol. The summed E-state index contributed by atoms with van der Waals surface area (Å²) in [7, 11) is 0. The van der Waals surface area contributed by atoms with Gasteiger partial charge in [0, 0.05) is 24.5 Å². The molecule has 2 aromatic rings. The molecule has 1 aromatic carbocycles. The Morgan fingerprint density at radius 2 is 2.14 bits per heavy atom. The largest absolute Gasteiger partial charge is 0.352 e. The van der Waals surface area contributed by atoms with E-state index in [1.165, 1.54) is 36.0 Å². The number of rotatable bonds is 4. The van der Waals surface area contributed by atoms with Crippen LogP contribution in [0.2, 0.25) is 0 Å². The van der Waals surface area contributed by atoms with E-state index in [-0.39, 0.29) is 0 Å². The van der Waals surface area contributed by atoms with Crippen LogP contribution >= 0.6 is 0 Å². The van der Waals surface area contributed by atoms with Gasteiger partial charge in [-0.3, -0.25) is 0 Å². The molecule has 3 nitrogen and oxygen atoms in total. The molecule has 0 amide bonds. The van der Waals surface area contributed by atoms with Gasteiger partial charge in [0.15, 0.2) is 0 Å². The van der Waals surface area contributed by atoms with Crippen LogP contribution in [-0.4, -0.2) is 30.7 Å². The smallest absolute Gasteiger partial charge is 0.132 e. The van der Waals surface area contributed by atoms with Gasteiger partial charge in [0.25, 0.3) is 0 Å². The number of para-hydroxylation sites is 1. The molecule has 112 valence electrons. The van der Waals surface area contributed by atoms with E-state index < -0.39 is 0 Å². The average Bonchev–Trinajstić information content (AvgIpc) is 2.52. The van der Waals surface area contributed by atoms with Crippen LogP contribution in [0.3, 0.4) is 0 Å². The number of likely N-dealkylation sites (N-methyl/N-ethyl adjacent to an activating group) is 1. The summed E-state index contributed by atoms with van der Waals surface area (Å²) in [6.07, 6.45) is 3.87. The molecule has 1 N–H and O–H groups in total. The number of aryl methyl sites for hydroxylation is 1. The second-order valence-corrected chi connectivity index (χ2v) is 5.97. The van der Waals surface area contributed by atoms with Gasteiger partial charge in [-0.25, -0.2) is 4.98 Å². The Bertz CT molecular complexity index is 608. The maximum atomic E-state index is 4.95. The molecule has 1 fully saturated rings. The van der Waals surface area contributed by atoms with Crippen molar-refractivity contribution in [3.05, 3.63) is 35.9 Å². The van der Waals surface area contributed by atoms with Crippen molar-refractivity contribution in [1.82, 2.24) is 10.3 Å². The third kappa shape index (κ3) is 3.03. The molecule has 0 bridgehead atoms. The van der Waals surface area contributed by atoms with Crippen LogP contribution in [0, 0.1) is 6.92 Å². The third-order valence-corrected chi connectivity index (χ3v) is 4.42. The van der Waals surface area contributed by atoms with Gasteiger partial charge in [-0.05, 0) is 50.4 Å². The van der Waals surface area contributed by atoms with E-state index in [1.54, 1.807) is 0 Å². The number of piperidine rings is 1. The Hall–Kier alpha value is -1.61. The molecule has 1 aliphatic heterocycles. The van der Waals surface area contributed by atoms with E-state index in [4.69, 9.17) is 4.98 Å². The summed E-state index contributed by atoms with van der Waals surface area (Å²) in [6.45, 7) is 7.58. The minimum absolute atomic E-state index is 0.575.